The minimum absolute atomic E-state index is 0.0342. The highest BCUT2D eigenvalue weighted by molar-refractivity contribution is 6.30. The molecule has 214 valence electrons. The zero-order valence-corrected chi connectivity index (χ0v) is 22.3. The third-order valence-electron chi connectivity index (χ3n) is 5.63. The van der Waals surface area contributed by atoms with Crippen LogP contribution in [0.2, 0.25) is 5.02 Å². The van der Waals surface area contributed by atoms with E-state index in [0.717, 1.165) is 35.9 Å². The van der Waals surface area contributed by atoms with E-state index in [1.165, 1.54) is 28.9 Å². The molecule has 1 aromatic heterocycles. The lowest BCUT2D eigenvalue weighted by molar-refractivity contribution is -0.274. The third-order valence-corrected chi connectivity index (χ3v) is 5.85. The van der Waals surface area contributed by atoms with Gasteiger partial charge in [-0.05, 0) is 72.1 Å². The number of allylic oxidation sites excluding steroid dienone is 1. The summed E-state index contributed by atoms with van der Waals surface area (Å²) >= 11 is 6.02. The Morgan fingerprint density at radius 3 is 2.37 bits per heavy atom. The SMILES string of the molecule is CC/C=C(/NCCC(=O)O)c1ccc(Oc2nn(-c3cc(F)cc(Cl)c3)cc2-c2ccc(OC(F)(F)F)cc2)cc1. The minimum Gasteiger partial charge on any atom is -0.481 e. The van der Waals surface area contributed by atoms with Gasteiger partial charge in [-0.1, -0.05) is 36.7 Å². The highest BCUT2D eigenvalue weighted by Crippen LogP contribution is 2.35. The summed E-state index contributed by atoms with van der Waals surface area (Å²) in [5.74, 6) is -1.38. The fourth-order valence-corrected chi connectivity index (χ4v) is 4.10. The number of aromatic nitrogens is 2. The Morgan fingerprint density at radius 1 is 1.07 bits per heavy atom. The van der Waals surface area contributed by atoms with E-state index in [-0.39, 0.29) is 23.9 Å². The molecule has 0 aliphatic heterocycles. The first kappa shape index (κ1) is 29.5. The predicted molar refractivity (Wildman–Crippen MR) is 146 cm³/mol. The van der Waals surface area contributed by atoms with Crippen LogP contribution in [0.25, 0.3) is 22.5 Å². The van der Waals surface area contributed by atoms with E-state index in [4.69, 9.17) is 21.4 Å². The Labute approximate surface area is 237 Å². The summed E-state index contributed by atoms with van der Waals surface area (Å²) in [4.78, 5) is 10.9. The molecule has 0 spiro atoms. The van der Waals surface area contributed by atoms with Gasteiger partial charge in [0.05, 0.1) is 17.7 Å². The number of rotatable bonds is 11. The first-order valence-electron chi connectivity index (χ1n) is 12.4. The number of aliphatic carboxylic acids is 1. The number of halogens is 5. The van der Waals surface area contributed by atoms with Crippen molar-refractivity contribution in [1.82, 2.24) is 15.1 Å². The second-order valence-corrected chi connectivity index (χ2v) is 9.15. The van der Waals surface area contributed by atoms with E-state index in [2.05, 4.69) is 15.2 Å². The lowest BCUT2D eigenvalue weighted by atomic mass is 10.1. The maximum absolute atomic E-state index is 14.0. The number of hydrogen-bond acceptors (Lipinski definition) is 5. The summed E-state index contributed by atoms with van der Waals surface area (Å²) < 4.78 is 63.2. The molecule has 0 aliphatic rings. The molecule has 12 heteroatoms. The fourth-order valence-electron chi connectivity index (χ4n) is 3.89. The smallest absolute Gasteiger partial charge is 0.481 e. The standard InChI is InChI=1S/C29H24ClF4N3O4/c1-2-3-26(35-13-12-27(38)39)19-6-8-23(9-7-19)40-28-25(18-4-10-24(11-5-18)41-29(32,33)34)17-37(36-28)22-15-20(30)14-21(31)16-22/h3-11,14-17,35H,2,12-13H2,1H3,(H,38,39)/b26-3+. The molecule has 41 heavy (non-hydrogen) atoms. The zero-order valence-electron chi connectivity index (χ0n) is 21.6. The van der Waals surface area contributed by atoms with Crippen LogP contribution in [0, 0.1) is 5.82 Å². The molecule has 0 saturated heterocycles. The molecule has 0 aliphatic carbocycles. The van der Waals surface area contributed by atoms with E-state index >= 15 is 0 Å². The van der Waals surface area contributed by atoms with Gasteiger partial charge in [0.25, 0.3) is 0 Å². The van der Waals surface area contributed by atoms with Gasteiger partial charge in [0.1, 0.15) is 17.3 Å². The molecular formula is C29H24ClF4N3O4. The van der Waals surface area contributed by atoms with Crippen LogP contribution in [0.5, 0.6) is 17.4 Å². The Balaban J connectivity index is 1.65. The predicted octanol–water partition coefficient (Wildman–Crippen LogP) is 7.84. The molecule has 0 amide bonds. The molecule has 4 rings (SSSR count). The Morgan fingerprint density at radius 2 is 1.76 bits per heavy atom. The number of alkyl halides is 3. The lowest BCUT2D eigenvalue weighted by Gasteiger charge is -2.12. The van der Waals surface area contributed by atoms with Gasteiger partial charge in [-0.15, -0.1) is 18.3 Å². The van der Waals surface area contributed by atoms with Gasteiger partial charge in [0, 0.05) is 23.5 Å². The van der Waals surface area contributed by atoms with Crippen molar-refractivity contribution < 1.29 is 36.9 Å². The van der Waals surface area contributed by atoms with Gasteiger partial charge < -0.3 is 19.9 Å². The molecule has 2 N–H and O–H groups in total. The molecule has 7 nitrogen and oxygen atoms in total. The van der Waals surface area contributed by atoms with E-state index < -0.39 is 23.9 Å². The van der Waals surface area contributed by atoms with E-state index in [1.54, 1.807) is 30.5 Å². The van der Waals surface area contributed by atoms with Crippen molar-refractivity contribution in [2.75, 3.05) is 6.54 Å². The Bertz CT molecular complexity index is 1520. The summed E-state index contributed by atoms with van der Waals surface area (Å²) in [6.07, 6.45) is -0.656. The quantitative estimate of drug-likeness (QED) is 0.173. The van der Waals surface area contributed by atoms with Gasteiger partial charge in [-0.3, -0.25) is 4.79 Å². The molecule has 0 bridgehead atoms. The number of hydrogen-bond donors (Lipinski definition) is 2. The molecule has 0 unspecified atom stereocenters. The second kappa shape index (κ2) is 12.8. The highest BCUT2D eigenvalue weighted by atomic mass is 35.5. The van der Waals surface area contributed by atoms with Crippen molar-refractivity contribution in [1.29, 1.82) is 0 Å². The molecule has 0 radical (unpaired) electrons. The molecular weight excluding hydrogens is 566 g/mol. The molecule has 4 aromatic rings. The monoisotopic (exact) mass is 589 g/mol. The Kier molecular flexibility index (Phi) is 9.18. The van der Waals surface area contributed by atoms with Crippen LogP contribution in [0.4, 0.5) is 17.6 Å². The largest absolute Gasteiger partial charge is 0.573 e. The number of carbonyl (C=O) groups is 1. The van der Waals surface area contributed by atoms with Gasteiger partial charge in [0.15, 0.2) is 0 Å². The molecule has 0 saturated carbocycles. The summed E-state index contributed by atoms with van der Waals surface area (Å²) in [7, 11) is 0. The number of carboxylic acids is 1. The second-order valence-electron chi connectivity index (χ2n) is 8.72. The van der Waals surface area contributed by atoms with Gasteiger partial charge in [0.2, 0.25) is 5.88 Å². The zero-order chi connectivity index (χ0) is 29.6. The highest BCUT2D eigenvalue weighted by Gasteiger charge is 2.31. The number of benzene rings is 3. The Hall–Kier alpha value is -4.51. The summed E-state index contributed by atoms with van der Waals surface area (Å²) in [5.41, 5.74) is 2.77. The van der Waals surface area contributed by atoms with Gasteiger partial charge in [-0.2, -0.15) is 0 Å². The minimum atomic E-state index is -4.83. The van der Waals surface area contributed by atoms with Crippen LogP contribution < -0.4 is 14.8 Å². The maximum atomic E-state index is 14.0. The van der Waals surface area contributed by atoms with Crippen LogP contribution in [0.15, 0.2) is 79.0 Å². The van der Waals surface area contributed by atoms with Crippen molar-refractivity contribution in [2.45, 2.75) is 26.1 Å². The number of carboxylic acid groups (broad SMARTS) is 1. The fraction of sp³-hybridized carbons (Fsp3) is 0.172. The third kappa shape index (κ3) is 8.24. The van der Waals surface area contributed by atoms with E-state index in [9.17, 15) is 22.4 Å². The van der Waals surface area contributed by atoms with Crippen LogP contribution in [-0.4, -0.2) is 33.8 Å². The van der Waals surface area contributed by atoms with Crippen LogP contribution >= 0.6 is 11.6 Å². The van der Waals surface area contributed by atoms with Gasteiger partial charge in [-0.25, -0.2) is 9.07 Å². The molecule has 3 aromatic carbocycles. The summed E-state index contributed by atoms with van der Waals surface area (Å²) in [6.45, 7) is 2.22. The normalized spacial score (nSPS) is 11.8. The summed E-state index contributed by atoms with van der Waals surface area (Å²) in [5, 5.41) is 16.6. The van der Waals surface area contributed by atoms with Crippen LogP contribution in [-0.2, 0) is 4.79 Å². The van der Waals surface area contributed by atoms with Crippen LogP contribution in [0.1, 0.15) is 25.3 Å². The van der Waals surface area contributed by atoms with Gasteiger partial charge >= 0.3 is 12.3 Å². The van der Waals surface area contributed by atoms with Crippen LogP contribution in [0.3, 0.4) is 0 Å². The van der Waals surface area contributed by atoms with Crippen molar-refractivity contribution in [3.63, 3.8) is 0 Å². The van der Waals surface area contributed by atoms with Crippen molar-refractivity contribution in [3.05, 3.63) is 95.4 Å². The topological polar surface area (TPSA) is 85.6 Å². The first-order chi connectivity index (χ1) is 19.5. The first-order valence-corrected chi connectivity index (χ1v) is 12.7. The average molecular weight is 590 g/mol. The number of nitrogens with one attached hydrogen (secondary N) is 1. The molecule has 0 fully saturated rings. The van der Waals surface area contributed by atoms with E-state index in [1.807, 2.05) is 13.0 Å². The number of nitrogens with zero attached hydrogens (tertiary/aromatic N) is 2. The van der Waals surface area contributed by atoms with Crippen molar-refractivity contribution in [3.8, 4) is 34.2 Å². The summed E-state index contributed by atoms with van der Waals surface area (Å²) in [6, 6.07) is 16.0. The van der Waals surface area contributed by atoms with E-state index in [0.29, 0.717) is 22.6 Å². The number of ether oxygens (including phenoxy) is 2. The molecule has 0 atom stereocenters. The lowest BCUT2D eigenvalue weighted by Crippen LogP contribution is -2.16. The average Bonchev–Trinajstić information content (AvgIpc) is 3.31. The van der Waals surface area contributed by atoms with Crippen molar-refractivity contribution in [2.24, 2.45) is 0 Å². The molecule has 1 heterocycles. The van der Waals surface area contributed by atoms with Crippen molar-refractivity contribution >= 4 is 23.3 Å². The maximum Gasteiger partial charge on any atom is 0.573 e.